The van der Waals surface area contributed by atoms with Crippen LogP contribution in [0.1, 0.15) is 59.3 Å². The number of ether oxygens (including phenoxy) is 1. The number of methoxy groups -OCH3 is 1. The largest absolute Gasteiger partial charge is 0.549 e. The van der Waals surface area contributed by atoms with Crippen molar-refractivity contribution in [1.82, 2.24) is 0 Å². The lowest BCUT2D eigenvalue weighted by Gasteiger charge is -2.30. The fourth-order valence-electron chi connectivity index (χ4n) is 2.91. The van der Waals surface area contributed by atoms with Crippen LogP contribution < -0.4 is 0 Å². The van der Waals surface area contributed by atoms with Gasteiger partial charge >= 0.3 is 5.97 Å². The molecule has 1 aliphatic carbocycles. The Labute approximate surface area is 158 Å². The zero-order chi connectivity index (χ0) is 19.0. The number of carbonyl (C=O) groups is 2. The number of hydrogen-bond donors (Lipinski definition) is 0. The summed E-state index contributed by atoms with van der Waals surface area (Å²) in [5, 5.41) is 0. The lowest BCUT2D eigenvalue weighted by atomic mass is 9.79. The summed E-state index contributed by atoms with van der Waals surface area (Å²) in [5.74, 6) is 2.22. The summed E-state index contributed by atoms with van der Waals surface area (Å²) in [5.41, 5.74) is 0.0461. The van der Waals surface area contributed by atoms with Crippen LogP contribution in [0.15, 0.2) is 10.7 Å². The standard InChI is InChI=1S/C19H34O4SSi/c1-19(2,3)14-13-15(20)18(17(14)23-25(5)6)24-12-10-8-7-9-11-16(21)22-4/h14,25H,7-13H2,1-6H3/t14-/m0/s1. The average molecular weight is 387 g/mol. The van der Waals surface area contributed by atoms with Crippen molar-refractivity contribution >= 4 is 32.6 Å². The second kappa shape index (κ2) is 10.4. The fourth-order valence-corrected chi connectivity index (χ4v) is 4.91. The molecule has 1 aliphatic rings. The maximum absolute atomic E-state index is 12.5. The maximum atomic E-state index is 12.5. The third-order valence-electron chi connectivity index (χ3n) is 4.34. The monoisotopic (exact) mass is 386 g/mol. The van der Waals surface area contributed by atoms with Crippen LogP contribution in [0, 0.1) is 11.3 Å². The van der Waals surface area contributed by atoms with E-state index in [-0.39, 0.29) is 23.1 Å². The van der Waals surface area contributed by atoms with Crippen LogP contribution in [0.5, 0.6) is 0 Å². The number of thioether (sulfide) groups is 1. The van der Waals surface area contributed by atoms with E-state index in [1.54, 1.807) is 11.8 Å². The number of Topliss-reactive ketones (excluding diaryl/α,β-unsaturated/α-hetero) is 1. The molecule has 0 aromatic rings. The second-order valence-corrected chi connectivity index (χ2v) is 11.4. The van der Waals surface area contributed by atoms with Gasteiger partial charge in [-0.2, -0.15) is 0 Å². The molecule has 1 rings (SSSR count). The number of hydrogen-bond acceptors (Lipinski definition) is 5. The van der Waals surface area contributed by atoms with Gasteiger partial charge in [-0.05, 0) is 37.1 Å². The Morgan fingerprint density at radius 3 is 2.40 bits per heavy atom. The molecule has 144 valence electrons. The zero-order valence-corrected chi connectivity index (χ0v) is 18.6. The average Bonchev–Trinajstić information content (AvgIpc) is 2.82. The first-order valence-electron chi connectivity index (χ1n) is 9.30. The molecule has 0 bridgehead atoms. The molecular weight excluding hydrogens is 352 g/mol. The molecule has 0 aromatic heterocycles. The predicted octanol–water partition coefficient (Wildman–Crippen LogP) is 4.69. The Bertz CT molecular complexity index is 494. The van der Waals surface area contributed by atoms with Crippen LogP contribution >= 0.6 is 11.8 Å². The Morgan fingerprint density at radius 1 is 1.20 bits per heavy atom. The molecule has 4 nitrogen and oxygen atoms in total. The summed E-state index contributed by atoms with van der Waals surface area (Å²) < 4.78 is 10.8. The van der Waals surface area contributed by atoms with Gasteiger partial charge in [-0.15, -0.1) is 11.8 Å². The molecule has 0 N–H and O–H groups in total. The van der Waals surface area contributed by atoms with Gasteiger partial charge in [0.2, 0.25) is 9.04 Å². The van der Waals surface area contributed by atoms with Gasteiger partial charge in [-0.3, -0.25) is 9.59 Å². The molecule has 6 heteroatoms. The van der Waals surface area contributed by atoms with Crippen molar-refractivity contribution in [1.29, 1.82) is 0 Å². The van der Waals surface area contributed by atoms with Crippen LogP contribution in [0.3, 0.4) is 0 Å². The summed E-state index contributed by atoms with van der Waals surface area (Å²) in [7, 11) is 0.190. The van der Waals surface area contributed by atoms with Gasteiger partial charge in [0.25, 0.3) is 0 Å². The molecule has 0 radical (unpaired) electrons. The quantitative estimate of drug-likeness (QED) is 0.310. The van der Waals surface area contributed by atoms with Crippen LogP contribution in [0.4, 0.5) is 0 Å². The molecular formula is C19H34O4SSi. The lowest BCUT2D eigenvalue weighted by Crippen LogP contribution is -2.24. The smallest absolute Gasteiger partial charge is 0.305 e. The van der Waals surface area contributed by atoms with E-state index in [1.807, 2.05) is 0 Å². The SMILES string of the molecule is COC(=O)CCCCCCSC1=C(O[SiH](C)C)[C@@H](C(C)(C)C)CC1=O. The van der Waals surface area contributed by atoms with E-state index in [4.69, 9.17) is 4.43 Å². The maximum Gasteiger partial charge on any atom is 0.305 e. The number of rotatable bonds is 10. The summed E-state index contributed by atoms with van der Waals surface area (Å²) in [6, 6.07) is 0. The van der Waals surface area contributed by atoms with Crippen molar-refractivity contribution in [3.8, 4) is 0 Å². The lowest BCUT2D eigenvalue weighted by molar-refractivity contribution is -0.140. The van der Waals surface area contributed by atoms with E-state index in [0.717, 1.165) is 42.1 Å². The number of allylic oxidation sites excluding steroid dienone is 2. The van der Waals surface area contributed by atoms with Gasteiger partial charge in [0.1, 0.15) is 5.76 Å². The van der Waals surface area contributed by atoms with Crippen LogP contribution in [-0.2, 0) is 18.8 Å². The van der Waals surface area contributed by atoms with Gasteiger partial charge in [-0.25, -0.2) is 0 Å². The molecule has 25 heavy (non-hydrogen) atoms. The molecule has 0 amide bonds. The van der Waals surface area contributed by atoms with E-state index in [2.05, 4.69) is 38.6 Å². The minimum atomic E-state index is -1.24. The van der Waals surface area contributed by atoms with Crippen molar-refractivity contribution in [3.63, 3.8) is 0 Å². The molecule has 1 atom stereocenters. The predicted molar refractivity (Wildman–Crippen MR) is 107 cm³/mol. The van der Waals surface area contributed by atoms with Gasteiger partial charge in [0.05, 0.1) is 12.0 Å². The summed E-state index contributed by atoms with van der Waals surface area (Å²) in [6.07, 6.45) is 5.10. The number of ketones is 1. The third kappa shape index (κ3) is 7.56. The minimum absolute atomic E-state index is 0.0461. The Balaban J connectivity index is 2.52. The van der Waals surface area contributed by atoms with E-state index in [0.29, 0.717) is 12.8 Å². The van der Waals surface area contributed by atoms with Crippen molar-refractivity contribution in [2.24, 2.45) is 11.3 Å². The first-order chi connectivity index (χ1) is 11.7. The normalized spacial score (nSPS) is 18.2. The summed E-state index contributed by atoms with van der Waals surface area (Å²) in [4.78, 5) is 24.4. The van der Waals surface area contributed by atoms with Gasteiger partial charge in [-0.1, -0.05) is 33.6 Å². The summed E-state index contributed by atoms with van der Waals surface area (Å²) in [6.45, 7) is 10.9. The van der Waals surface area contributed by atoms with Crippen molar-refractivity contribution in [2.45, 2.75) is 72.4 Å². The Kier molecular flexibility index (Phi) is 9.28. The topological polar surface area (TPSA) is 52.6 Å². The highest BCUT2D eigenvalue weighted by Gasteiger charge is 2.40. The molecule has 0 heterocycles. The third-order valence-corrected chi connectivity index (χ3v) is 6.28. The molecule has 0 fully saturated rings. The van der Waals surface area contributed by atoms with Crippen molar-refractivity contribution < 1.29 is 18.8 Å². The first kappa shape index (κ1) is 22.3. The highest BCUT2D eigenvalue weighted by molar-refractivity contribution is 8.04. The minimum Gasteiger partial charge on any atom is -0.549 e. The van der Waals surface area contributed by atoms with Gasteiger partial charge in [0.15, 0.2) is 5.78 Å². The molecule has 0 saturated carbocycles. The van der Waals surface area contributed by atoms with Crippen molar-refractivity contribution in [2.75, 3.05) is 12.9 Å². The highest BCUT2D eigenvalue weighted by atomic mass is 32.2. The van der Waals surface area contributed by atoms with E-state index < -0.39 is 9.04 Å². The zero-order valence-electron chi connectivity index (χ0n) is 16.6. The first-order valence-corrected chi connectivity index (χ1v) is 13.1. The number of unbranched alkanes of at least 4 members (excludes halogenated alkanes) is 3. The Morgan fingerprint density at radius 2 is 1.84 bits per heavy atom. The highest BCUT2D eigenvalue weighted by Crippen LogP contribution is 2.45. The fraction of sp³-hybridized carbons (Fsp3) is 0.789. The van der Waals surface area contributed by atoms with Crippen LogP contribution in [-0.4, -0.2) is 33.7 Å². The summed E-state index contributed by atoms with van der Waals surface area (Å²) >= 11 is 1.67. The molecule has 0 aliphatic heterocycles. The molecule has 0 spiro atoms. The number of esters is 1. The van der Waals surface area contributed by atoms with Crippen molar-refractivity contribution in [3.05, 3.63) is 10.7 Å². The molecule has 0 unspecified atom stereocenters. The number of carbonyl (C=O) groups excluding carboxylic acids is 2. The van der Waals surface area contributed by atoms with Gasteiger partial charge in [0, 0.05) is 18.8 Å². The van der Waals surface area contributed by atoms with E-state index in [1.165, 1.54) is 7.11 Å². The Hall–Kier alpha value is -0.753. The van der Waals surface area contributed by atoms with E-state index in [9.17, 15) is 9.59 Å². The van der Waals surface area contributed by atoms with E-state index >= 15 is 0 Å². The van der Waals surface area contributed by atoms with Crippen LogP contribution in [0.2, 0.25) is 13.1 Å². The van der Waals surface area contributed by atoms with Gasteiger partial charge < -0.3 is 9.16 Å². The van der Waals surface area contributed by atoms with Crippen LogP contribution in [0.25, 0.3) is 0 Å². The molecule has 0 aromatic carbocycles. The molecule has 0 saturated heterocycles. The second-order valence-electron chi connectivity index (χ2n) is 7.99.